The summed E-state index contributed by atoms with van der Waals surface area (Å²) < 4.78 is 8.88. The van der Waals surface area contributed by atoms with Crippen molar-refractivity contribution in [2.24, 2.45) is 0 Å². The highest BCUT2D eigenvalue weighted by molar-refractivity contribution is 7.99. The molecular weight excluding hydrogens is 148 g/mol. The van der Waals surface area contributed by atoms with Gasteiger partial charge < -0.3 is 8.37 Å². The summed E-state index contributed by atoms with van der Waals surface area (Å²) >= 11 is 2.26. The Kier molecular flexibility index (Phi) is 2.35. The fourth-order valence-corrected chi connectivity index (χ4v) is 1.28. The molecule has 1 fully saturated rings. The molecule has 0 N–H and O–H groups in total. The van der Waals surface area contributed by atoms with Crippen LogP contribution in [0.4, 0.5) is 4.79 Å². The highest BCUT2D eigenvalue weighted by Crippen LogP contribution is 2.16. The van der Waals surface area contributed by atoms with Crippen LogP contribution < -0.4 is 0 Å². The maximum absolute atomic E-state index is 10.2. The maximum Gasteiger partial charge on any atom is 0.533 e. The van der Waals surface area contributed by atoms with Crippen molar-refractivity contribution in [3.8, 4) is 0 Å². The van der Waals surface area contributed by atoms with E-state index in [0.717, 1.165) is 35.6 Å². The van der Waals surface area contributed by atoms with E-state index in [1.807, 2.05) is 0 Å². The first kappa shape index (κ1) is 6.10. The van der Waals surface area contributed by atoms with Crippen LogP contribution in [0, 0.1) is 0 Å². The third kappa shape index (κ3) is 1.83. The van der Waals surface area contributed by atoms with Gasteiger partial charge in [-0.3, -0.25) is 0 Å². The van der Waals surface area contributed by atoms with E-state index in [4.69, 9.17) is 0 Å². The first-order chi connectivity index (χ1) is 3.89. The summed E-state index contributed by atoms with van der Waals surface area (Å²) in [6, 6.07) is 0. The van der Waals surface area contributed by atoms with Crippen LogP contribution in [0.2, 0.25) is 0 Å². The molecule has 3 nitrogen and oxygen atoms in total. The summed E-state index contributed by atoms with van der Waals surface area (Å²) in [5.74, 6) is 1.60. The molecule has 0 saturated carbocycles. The highest BCUT2D eigenvalue weighted by Gasteiger charge is 2.09. The van der Waals surface area contributed by atoms with Gasteiger partial charge in [-0.2, -0.15) is 0 Å². The second kappa shape index (κ2) is 3.09. The van der Waals surface area contributed by atoms with Crippen LogP contribution in [0.25, 0.3) is 0 Å². The first-order valence-corrected chi connectivity index (χ1v) is 3.84. The zero-order valence-electron chi connectivity index (χ0n) is 3.96. The summed E-state index contributed by atoms with van der Waals surface area (Å²) in [6.45, 7) is 0. The highest BCUT2D eigenvalue weighted by atomic mass is 32.2. The number of rotatable bonds is 0. The van der Waals surface area contributed by atoms with E-state index < -0.39 is 6.16 Å². The lowest BCUT2D eigenvalue weighted by Crippen LogP contribution is -1.92. The van der Waals surface area contributed by atoms with Crippen LogP contribution >= 0.6 is 24.1 Å². The van der Waals surface area contributed by atoms with E-state index in [1.54, 1.807) is 0 Å². The molecule has 5 heteroatoms. The monoisotopic (exact) mass is 152 g/mol. The average Bonchev–Trinajstić information content (AvgIpc) is 1.94. The smallest absolute Gasteiger partial charge is 0.359 e. The molecule has 8 heavy (non-hydrogen) atoms. The number of hydrogen-bond donors (Lipinski definition) is 0. The summed E-state index contributed by atoms with van der Waals surface area (Å²) in [5, 5.41) is 0. The summed E-state index contributed by atoms with van der Waals surface area (Å²) in [6.07, 6.45) is -0.600. The molecule has 0 radical (unpaired) electrons. The van der Waals surface area contributed by atoms with E-state index in [2.05, 4.69) is 8.37 Å². The van der Waals surface area contributed by atoms with E-state index in [0.29, 0.717) is 0 Å². The van der Waals surface area contributed by atoms with Crippen molar-refractivity contribution in [1.29, 1.82) is 0 Å². The zero-order valence-corrected chi connectivity index (χ0v) is 5.59. The molecule has 46 valence electrons. The van der Waals surface area contributed by atoms with Crippen LogP contribution in [0.15, 0.2) is 0 Å². The Balaban J connectivity index is 2.27. The molecule has 0 amide bonds. The molecular formula is C3H4O3S2. The van der Waals surface area contributed by atoms with Crippen molar-refractivity contribution in [2.45, 2.75) is 0 Å². The van der Waals surface area contributed by atoms with Crippen molar-refractivity contribution in [2.75, 3.05) is 11.5 Å². The summed E-state index contributed by atoms with van der Waals surface area (Å²) in [5.41, 5.74) is 0. The van der Waals surface area contributed by atoms with Crippen molar-refractivity contribution in [3.05, 3.63) is 0 Å². The standard InChI is InChI=1S/C3H4O3S2/c4-3-5-7-1-2-8-6-3/h1-2H2. The maximum atomic E-state index is 10.2. The molecule has 0 aromatic rings. The largest absolute Gasteiger partial charge is 0.533 e. The molecule has 1 aliphatic heterocycles. The van der Waals surface area contributed by atoms with E-state index in [-0.39, 0.29) is 0 Å². The van der Waals surface area contributed by atoms with Crippen molar-refractivity contribution < 1.29 is 13.2 Å². The summed E-state index contributed by atoms with van der Waals surface area (Å²) in [7, 11) is 0. The van der Waals surface area contributed by atoms with E-state index >= 15 is 0 Å². The molecule has 0 unspecified atom stereocenters. The average molecular weight is 152 g/mol. The molecule has 0 aliphatic carbocycles. The molecule has 0 spiro atoms. The SMILES string of the molecule is O=C1OSCCSO1. The lowest BCUT2D eigenvalue weighted by atomic mass is 11.0. The van der Waals surface area contributed by atoms with Crippen LogP contribution in [-0.4, -0.2) is 17.7 Å². The van der Waals surface area contributed by atoms with Crippen LogP contribution in [0.5, 0.6) is 0 Å². The lowest BCUT2D eigenvalue weighted by Gasteiger charge is -1.90. The lowest BCUT2D eigenvalue weighted by molar-refractivity contribution is 0.169. The Hall–Kier alpha value is -0.0300. The predicted molar refractivity (Wildman–Crippen MR) is 32.5 cm³/mol. The quantitative estimate of drug-likeness (QED) is 0.491. The van der Waals surface area contributed by atoms with Gasteiger partial charge in [-0.25, -0.2) is 4.79 Å². The number of carbonyl (C=O) groups excluding carboxylic acids is 1. The van der Waals surface area contributed by atoms with Gasteiger partial charge in [0.2, 0.25) is 0 Å². The minimum atomic E-state index is -0.600. The predicted octanol–water partition coefficient (Wildman–Crippen LogP) is 1.45. The number of carbonyl (C=O) groups is 1. The molecule has 1 aliphatic rings. The molecule has 1 rings (SSSR count). The molecule has 0 aromatic heterocycles. The third-order valence-corrected chi connectivity index (χ3v) is 2.01. The van der Waals surface area contributed by atoms with Crippen LogP contribution in [0.3, 0.4) is 0 Å². The fraction of sp³-hybridized carbons (Fsp3) is 0.667. The second-order valence-corrected chi connectivity index (χ2v) is 2.68. The van der Waals surface area contributed by atoms with Gasteiger partial charge >= 0.3 is 6.16 Å². The third-order valence-electron chi connectivity index (χ3n) is 0.504. The Morgan fingerprint density at radius 2 is 1.75 bits per heavy atom. The van der Waals surface area contributed by atoms with Crippen LogP contribution in [-0.2, 0) is 8.37 Å². The molecule has 0 bridgehead atoms. The van der Waals surface area contributed by atoms with Gasteiger partial charge in [-0.05, 0) is 0 Å². The fourth-order valence-electron chi connectivity index (χ4n) is 0.261. The normalized spacial score (nSPS) is 20.8. The van der Waals surface area contributed by atoms with Crippen molar-refractivity contribution in [1.82, 2.24) is 0 Å². The first-order valence-electron chi connectivity index (χ1n) is 2.02. The second-order valence-electron chi connectivity index (χ2n) is 1.06. The minimum Gasteiger partial charge on any atom is -0.359 e. The Labute approximate surface area is 55.5 Å². The zero-order chi connectivity index (χ0) is 5.82. The Bertz CT molecular complexity index is 84.5. The van der Waals surface area contributed by atoms with Gasteiger partial charge in [0.15, 0.2) is 0 Å². The minimum absolute atomic E-state index is 0.600. The van der Waals surface area contributed by atoms with Gasteiger partial charge in [-0.15, -0.1) is 0 Å². The van der Waals surface area contributed by atoms with Crippen molar-refractivity contribution >= 4 is 30.2 Å². The Morgan fingerprint density at radius 3 is 2.25 bits per heavy atom. The van der Waals surface area contributed by atoms with Gasteiger partial charge in [-0.1, -0.05) is 0 Å². The van der Waals surface area contributed by atoms with Gasteiger partial charge in [0.25, 0.3) is 0 Å². The van der Waals surface area contributed by atoms with E-state index in [9.17, 15) is 4.79 Å². The summed E-state index contributed by atoms with van der Waals surface area (Å²) in [4.78, 5) is 10.2. The van der Waals surface area contributed by atoms with Gasteiger partial charge in [0.05, 0.1) is 24.1 Å². The molecule has 1 heterocycles. The van der Waals surface area contributed by atoms with Gasteiger partial charge in [0.1, 0.15) is 0 Å². The van der Waals surface area contributed by atoms with Crippen molar-refractivity contribution in [3.63, 3.8) is 0 Å². The Morgan fingerprint density at radius 1 is 1.25 bits per heavy atom. The van der Waals surface area contributed by atoms with Gasteiger partial charge in [0, 0.05) is 11.5 Å². The molecule has 1 saturated heterocycles. The molecule has 0 aromatic carbocycles. The van der Waals surface area contributed by atoms with Crippen LogP contribution in [0.1, 0.15) is 0 Å². The number of hydrogen-bond acceptors (Lipinski definition) is 5. The topological polar surface area (TPSA) is 35.5 Å². The van der Waals surface area contributed by atoms with E-state index in [1.165, 1.54) is 0 Å². The molecule has 0 atom stereocenters.